The lowest BCUT2D eigenvalue weighted by molar-refractivity contribution is 0.0606. The summed E-state index contributed by atoms with van der Waals surface area (Å²) < 4.78 is 4.67. The van der Waals surface area contributed by atoms with Crippen molar-refractivity contribution in [1.82, 2.24) is 9.88 Å². The first-order valence-electron chi connectivity index (χ1n) is 6.09. The van der Waals surface area contributed by atoms with Crippen LogP contribution in [0.2, 0.25) is 0 Å². The molecule has 1 aliphatic heterocycles. The number of nitrogens with one attached hydrogen (secondary N) is 1. The van der Waals surface area contributed by atoms with Crippen molar-refractivity contribution >= 4 is 22.4 Å². The van der Waals surface area contributed by atoms with Crippen molar-refractivity contribution in [1.29, 1.82) is 0 Å². The second-order valence-corrected chi connectivity index (χ2v) is 5.83. The molecule has 1 aromatic heterocycles. The van der Waals surface area contributed by atoms with Gasteiger partial charge in [0.25, 0.3) is 0 Å². The molecule has 1 fully saturated rings. The minimum absolute atomic E-state index is 0.322. The molecule has 1 aliphatic rings. The zero-order chi connectivity index (χ0) is 13.1. The smallest absolute Gasteiger partial charge is 0.349 e. The fourth-order valence-corrected chi connectivity index (χ4v) is 3.06. The van der Waals surface area contributed by atoms with E-state index < -0.39 is 0 Å². The molecule has 0 amide bonds. The largest absolute Gasteiger partial charge is 0.465 e. The molecule has 18 heavy (non-hydrogen) atoms. The minimum atomic E-state index is -0.322. The number of hydrogen-bond donors (Lipinski definition) is 1. The topological polar surface area (TPSA) is 54.5 Å². The summed E-state index contributed by atoms with van der Waals surface area (Å²) in [4.78, 5) is 18.4. The predicted molar refractivity (Wildman–Crippen MR) is 72.1 cm³/mol. The highest BCUT2D eigenvalue weighted by Gasteiger charge is 2.25. The molecule has 2 atom stereocenters. The third kappa shape index (κ3) is 3.00. The highest BCUT2D eigenvalue weighted by atomic mass is 32.1. The molecule has 5 nitrogen and oxygen atoms in total. The van der Waals surface area contributed by atoms with Gasteiger partial charge in [0, 0.05) is 12.6 Å². The second kappa shape index (κ2) is 5.67. The average Bonchev–Trinajstić information content (AvgIpc) is 2.80. The SMILES string of the molecule is COC(=O)c1cnc(NC2CCN(C)CC2C)s1. The Kier molecular flexibility index (Phi) is 4.19. The molecule has 2 unspecified atom stereocenters. The molecule has 100 valence electrons. The van der Waals surface area contributed by atoms with E-state index in [4.69, 9.17) is 0 Å². The van der Waals surface area contributed by atoms with Crippen molar-refractivity contribution in [2.24, 2.45) is 5.92 Å². The molecule has 2 rings (SSSR count). The van der Waals surface area contributed by atoms with Crippen molar-refractivity contribution in [2.45, 2.75) is 19.4 Å². The van der Waals surface area contributed by atoms with Crippen LogP contribution in [-0.4, -0.2) is 49.1 Å². The maximum Gasteiger partial charge on any atom is 0.349 e. The van der Waals surface area contributed by atoms with Gasteiger partial charge in [-0.2, -0.15) is 0 Å². The Morgan fingerprint density at radius 2 is 2.44 bits per heavy atom. The van der Waals surface area contributed by atoms with Gasteiger partial charge in [-0.1, -0.05) is 18.3 Å². The Balaban J connectivity index is 1.97. The standard InChI is InChI=1S/C12H19N3O2S/c1-8-7-15(2)5-4-9(8)14-12-13-6-10(18-12)11(16)17-3/h6,8-9H,4-5,7H2,1-3H3,(H,13,14). The lowest BCUT2D eigenvalue weighted by atomic mass is 9.94. The summed E-state index contributed by atoms with van der Waals surface area (Å²) in [5, 5.41) is 4.23. The first-order valence-corrected chi connectivity index (χ1v) is 6.91. The van der Waals surface area contributed by atoms with E-state index in [9.17, 15) is 4.79 Å². The minimum Gasteiger partial charge on any atom is -0.465 e. The fourth-order valence-electron chi connectivity index (χ4n) is 2.26. The Morgan fingerprint density at radius 3 is 3.11 bits per heavy atom. The van der Waals surface area contributed by atoms with Crippen molar-refractivity contribution in [3.63, 3.8) is 0 Å². The molecule has 0 aromatic carbocycles. The number of carbonyl (C=O) groups excluding carboxylic acids is 1. The van der Waals surface area contributed by atoms with Gasteiger partial charge in [0.2, 0.25) is 0 Å². The van der Waals surface area contributed by atoms with Gasteiger partial charge in [-0.25, -0.2) is 9.78 Å². The second-order valence-electron chi connectivity index (χ2n) is 4.80. The summed E-state index contributed by atoms with van der Waals surface area (Å²) in [7, 11) is 3.53. The zero-order valence-electron chi connectivity index (χ0n) is 11.0. The lowest BCUT2D eigenvalue weighted by Crippen LogP contribution is -2.43. The first kappa shape index (κ1) is 13.3. The van der Waals surface area contributed by atoms with Gasteiger partial charge in [0.15, 0.2) is 5.13 Å². The lowest BCUT2D eigenvalue weighted by Gasteiger charge is -2.35. The molecular weight excluding hydrogens is 250 g/mol. The van der Waals surface area contributed by atoms with Crippen LogP contribution in [-0.2, 0) is 4.74 Å². The quantitative estimate of drug-likeness (QED) is 0.846. The van der Waals surface area contributed by atoms with E-state index in [2.05, 4.69) is 33.9 Å². The number of thiazole rings is 1. The average molecular weight is 269 g/mol. The molecule has 0 bridgehead atoms. The third-order valence-corrected chi connectivity index (χ3v) is 4.22. The van der Waals surface area contributed by atoms with Gasteiger partial charge in [0.1, 0.15) is 4.88 Å². The van der Waals surface area contributed by atoms with E-state index in [1.54, 1.807) is 6.20 Å². The summed E-state index contributed by atoms with van der Waals surface area (Å²) in [5.41, 5.74) is 0. The van der Waals surface area contributed by atoms with E-state index in [-0.39, 0.29) is 5.97 Å². The van der Waals surface area contributed by atoms with Crippen LogP contribution in [0.25, 0.3) is 0 Å². The number of hydrogen-bond acceptors (Lipinski definition) is 6. The number of carbonyl (C=O) groups is 1. The Morgan fingerprint density at radius 1 is 1.67 bits per heavy atom. The van der Waals surface area contributed by atoms with Gasteiger partial charge in [-0.15, -0.1) is 0 Å². The molecule has 2 heterocycles. The van der Waals surface area contributed by atoms with Crippen LogP contribution in [0.3, 0.4) is 0 Å². The third-order valence-electron chi connectivity index (χ3n) is 3.31. The molecule has 0 radical (unpaired) electrons. The summed E-state index contributed by atoms with van der Waals surface area (Å²) >= 11 is 1.35. The molecule has 1 saturated heterocycles. The number of esters is 1. The summed E-state index contributed by atoms with van der Waals surface area (Å²) in [6.07, 6.45) is 2.67. The van der Waals surface area contributed by atoms with Crippen molar-refractivity contribution in [3.05, 3.63) is 11.1 Å². The van der Waals surface area contributed by atoms with Crippen LogP contribution in [0.15, 0.2) is 6.20 Å². The van der Waals surface area contributed by atoms with E-state index in [1.165, 1.54) is 18.4 Å². The van der Waals surface area contributed by atoms with Gasteiger partial charge in [-0.3, -0.25) is 0 Å². The highest BCUT2D eigenvalue weighted by molar-refractivity contribution is 7.17. The first-order chi connectivity index (χ1) is 8.60. The van der Waals surface area contributed by atoms with Crippen molar-refractivity contribution in [2.75, 3.05) is 32.6 Å². The molecule has 0 saturated carbocycles. The maximum atomic E-state index is 11.3. The van der Waals surface area contributed by atoms with Crippen molar-refractivity contribution in [3.8, 4) is 0 Å². The molecular formula is C12H19N3O2S. The van der Waals surface area contributed by atoms with E-state index in [0.29, 0.717) is 16.8 Å². The monoisotopic (exact) mass is 269 g/mol. The van der Waals surface area contributed by atoms with Crippen LogP contribution in [0, 0.1) is 5.92 Å². The maximum absolute atomic E-state index is 11.3. The van der Waals surface area contributed by atoms with Gasteiger partial charge in [-0.05, 0) is 25.9 Å². The van der Waals surface area contributed by atoms with E-state index >= 15 is 0 Å². The summed E-state index contributed by atoms with van der Waals surface area (Å²) in [5.74, 6) is 0.256. The van der Waals surface area contributed by atoms with E-state index in [0.717, 1.165) is 24.6 Å². The van der Waals surface area contributed by atoms with Gasteiger partial charge < -0.3 is 15.0 Å². The van der Waals surface area contributed by atoms with Crippen LogP contribution in [0.1, 0.15) is 23.0 Å². The number of methoxy groups -OCH3 is 1. The molecule has 0 aliphatic carbocycles. The van der Waals surface area contributed by atoms with Crippen LogP contribution >= 0.6 is 11.3 Å². The predicted octanol–water partition coefficient (Wildman–Crippen LogP) is 1.68. The van der Waals surface area contributed by atoms with Crippen molar-refractivity contribution < 1.29 is 9.53 Å². The molecule has 1 N–H and O–H groups in total. The van der Waals surface area contributed by atoms with Gasteiger partial charge in [0.05, 0.1) is 13.3 Å². The Bertz CT molecular complexity index is 421. The summed E-state index contributed by atoms with van der Waals surface area (Å²) in [6.45, 7) is 4.42. The number of nitrogens with zero attached hydrogens (tertiary/aromatic N) is 2. The molecule has 1 aromatic rings. The van der Waals surface area contributed by atoms with Crippen LogP contribution in [0.4, 0.5) is 5.13 Å². The number of likely N-dealkylation sites (tertiary alicyclic amines) is 1. The van der Waals surface area contributed by atoms with E-state index in [1.807, 2.05) is 0 Å². The highest BCUT2D eigenvalue weighted by Crippen LogP contribution is 2.24. The van der Waals surface area contributed by atoms with Gasteiger partial charge >= 0.3 is 5.97 Å². The number of rotatable bonds is 3. The normalized spacial score (nSPS) is 24.8. The number of anilines is 1. The number of aromatic nitrogens is 1. The number of ether oxygens (including phenoxy) is 1. The summed E-state index contributed by atoms with van der Waals surface area (Å²) in [6, 6.07) is 0.429. The molecule has 0 spiro atoms. The fraction of sp³-hybridized carbons (Fsp3) is 0.667. The molecule has 6 heteroatoms. The van der Waals surface area contributed by atoms with Crippen LogP contribution < -0.4 is 5.32 Å². The Labute approximate surface area is 111 Å². The van der Waals surface area contributed by atoms with Crippen LogP contribution in [0.5, 0.6) is 0 Å². The Hall–Kier alpha value is -1.14. The number of piperidine rings is 1. The zero-order valence-corrected chi connectivity index (χ0v) is 11.8.